The fourth-order valence-corrected chi connectivity index (χ4v) is 6.02. The molecule has 0 amide bonds. The van der Waals surface area contributed by atoms with Crippen LogP contribution in [-0.4, -0.2) is 9.97 Å². The molecular weight excluding hydrogens is 498 g/mol. The van der Waals surface area contributed by atoms with Crippen molar-refractivity contribution in [1.82, 2.24) is 9.97 Å². The summed E-state index contributed by atoms with van der Waals surface area (Å²) in [5.41, 5.74) is 7.29. The Kier molecular flexibility index (Phi) is 5.46. The molecule has 6 aromatic carbocycles. The van der Waals surface area contributed by atoms with Gasteiger partial charge in [-0.3, -0.25) is 9.97 Å². The molecule has 0 radical (unpaired) electrons. The van der Waals surface area contributed by atoms with Gasteiger partial charge in [-0.25, -0.2) is 0 Å². The first kappa shape index (κ1) is 23.4. The molecule has 41 heavy (non-hydrogen) atoms. The van der Waals surface area contributed by atoms with Crippen molar-refractivity contribution < 1.29 is 0 Å². The molecule has 0 bridgehead atoms. The Morgan fingerprint density at radius 2 is 1.02 bits per heavy atom. The highest BCUT2D eigenvalue weighted by Crippen LogP contribution is 2.47. The molecule has 0 aliphatic rings. The van der Waals surface area contributed by atoms with Gasteiger partial charge in [0.15, 0.2) is 0 Å². The van der Waals surface area contributed by atoms with Crippen molar-refractivity contribution in [3.8, 4) is 11.1 Å². The van der Waals surface area contributed by atoms with Crippen LogP contribution in [0.5, 0.6) is 0 Å². The second kappa shape index (κ2) is 9.58. The van der Waals surface area contributed by atoms with Crippen LogP contribution >= 0.6 is 0 Å². The van der Waals surface area contributed by atoms with Crippen molar-refractivity contribution in [3.63, 3.8) is 0 Å². The molecule has 192 valence electrons. The molecule has 3 heteroatoms. The highest BCUT2D eigenvalue weighted by molar-refractivity contribution is 6.20. The molecule has 3 nitrogen and oxygen atoms in total. The normalized spacial score (nSPS) is 11.4. The van der Waals surface area contributed by atoms with Gasteiger partial charge in [0.05, 0.1) is 16.7 Å². The van der Waals surface area contributed by atoms with Gasteiger partial charge in [0.1, 0.15) is 0 Å². The Morgan fingerprint density at radius 3 is 1.78 bits per heavy atom. The van der Waals surface area contributed by atoms with Crippen molar-refractivity contribution in [2.24, 2.45) is 0 Å². The van der Waals surface area contributed by atoms with Crippen LogP contribution in [0.1, 0.15) is 0 Å². The smallest absolute Gasteiger partial charge is 0.0956 e. The zero-order chi connectivity index (χ0) is 27.2. The van der Waals surface area contributed by atoms with Crippen LogP contribution in [0.2, 0.25) is 0 Å². The topological polar surface area (TPSA) is 29.0 Å². The van der Waals surface area contributed by atoms with Gasteiger partial charge in [-0.05, 0) is 81.7 Å². The van der Waals surface area contributed by atoms with E-state index in [0.29, 0.717) is 0 Å². The second-order valence-corrected chi connectivity index (χ2v) is 10.3. The highest BCUT2D eigenvalue weighted by Gasteiger charge is 2.23. The first-order valence-corrected chi connectivity index (χ1v) is 13.8. The van der Waals surface area contributed by atoms with Gasteiger partial charge in [-0.15, -0.1) is 0 Å². The maximum absolute atomic E-state index is 5.02. The lowest BCUT2D eigenvalue weighted by molar-refractivity contribution is 1.29. The average molecular weight is 524 g/mol. The van der Waals surface area contributed by atoms with E-state index in [1.54, 1.807) is 0 Å². The summed E-state index contributed by atoms with van der Waals surface area (Å²) in [7, 11) is 0. The predicted octanol–water partition coefficient (Wildman–Crippen LogP) is 10.2. The maximum Gasteiger partial charge on any atom is 0.0956 e. The molecular formula is C38H25N3. The van der Waals surface area contributed by atoms with Crippen molar-refractivity contribution in [1.29, 1.82) is 0 Å². The van der Waals surface area contributed by atoms with E-state index >= 15 is 0 Å². The number of aromatic nitrogens is 2. The van der Waals surface area contributed by atoms with Crippen molar-refractivity contribution in [2.45, 2.75) is 0 Å². The van der Waals surface area contributed by atoms with E-state index in [9.17, 15) is 0 Å². The van der Waals surface area contributed by atoms with E-state index < -0.39 is 0 Å². The molecule has 0 atom stereocenters. The summed E-state index contributed by atoms with van der Waals surface area (Å²) >= 11 is 0. The number of fused-ring (bicyclic) bond motifs is 4. The van der Waals surface area contributed by atoms with E-state index in [0.717, 1.165) is 50.0 Å². The van der Waals surface area contributed by atoms with Crippen LogP contribution in [0, 0.1) is 0 Å². The van der Waals surface area contributed by atoms with Gasteiger partial charge in [0, 0.05) is 40.1 Å². The fourth-order valence-electron chi connectivity index (χ4n) is 6.02. The Morgan fingerprint density at radius 1 is 0.415 bits per heavy atom. The molecule has 0 unspecified atom stereocenters. The first-order valence-electron chi connectivity index (χ1n) is 13.8. The van der Waals surface area contributed by atoms with Gasteiger partial charge in [0.2, 0.25) is 0 Å². The van der Waals surface area contributed by atoms with Crippen molar-refractivity contribution in [3.05, 3.63) is 152 Å². The number of hydrogen-bond acceptors (Lipinski definition) is 3. The second-order valence-electron chi connectivity index (χ2n) is 10.3. The molecule has 0 saturated carbocycles. The van der Waals surface area contributed by atoms with E-state index in [1.807, 2.05) is 30.6 Å². The molecule has 0 fully saturated rings. The predicted molar refractivity (Wildman–Crippen MR) is 172 cm³/mol. The van der Waals surface area contributed by atoms with Crippen LogP contribution in [0.3, 0.4) is 0 Å². The summed E-state index contributed by atoms with van der Waals surface area (Å²) in [6.07, 6.45) is 3.77. The van der Waals surface area contributed by atoms with Crippen LogP contribution in [0.15, 0.2) is 152 Å². The third-order valence-electron chi connectivity index (χ3n) is 7.85. The number of hydrogen-bond donors (Lipinski definition) is 0. The highest BCUT2D eigenvalue weighted by atomic mass is 15.2. The molecule has 8 aromatic rings. The number of pyridine rings is 2. The lowest BCUT2D eigenvalue weighted by Crippen LogP contribution is -2.12. The van der Waals surface area contributed by atoms with Crippen LogP contribution < -0.4 is 4.90 Å². The minimum Gasteiger partial charge on any atom is -0.308 e. The summed E-state index contributed by atoms with van der Waals surface area (Å²) in [4.78, 5) is 12.3. The Balaban J connectivity index is 1.47. The number of rotatable bonds is 4. The first-order chi connectivity index (χ1) is 20.3. The van der Waals surface area contributed by atoms with Gasteiger partial charge in [-0.1, -0.05) is 84.9 Å². The third kappa shape index (κ3) is 3.90. The summed E-state index contributed by atoms with van der Waals surface area (Å²) < 4.78 is 0. The zero-order valence-corrected chi connectivity index (χ0v) is 22.3. The van der Waals surface area contributed by atoms with E-state index in [-0.39, 0.29) is 0 Å². The van der Waals surface area contributed by atoms with Crippen LogP contribution in [-0.2, 0) is 0 Å². The quantitative estimate of drug-likeness (QED) is 0.215. The molecule has 0 saturated heterocycles. The summed E-state index contributed by atoms with van der Waals surface area (Å²) in [6.45, 7) is 0. The number of nitrogens with zero attached hydrogens (tertiary/aromatic N) is 3. The monoisotopic (exact) mass is 523 g/mol. The lowest BCUT2D eigenvalue weighted by atomic mass is 9.94. The summed E-state index contributed by atoms with van der Waals surface area (Å²) in [5.74, 6) is 0. The lowest BCUT2D eigenvalue weighted by Gasteiger charge is -2.29. The zero-order valence-electron chi connectivity index (χ0n) is 22.3. The largest absolute Gasteiger partial charge is 0.308 e. The SMILES string of the molecule is c1ccc(-c2c3cccnc3c(N(c3ccccc3)c3ccc4cc5ccccc5cc4c3)c3cccnc23)cc1. The Bertz CT molecular complexity index is 2150. The number of benzene rings is 6. The third-order valence-corrected chi connectivity index (χ3v) is 7.85. The molecule has 0 aliphatic carbocycles. The minimum absolute atomic E-state index is 0.939. The van der Waals surface area contributed by atoms with Crippen LogP contribution in [0.4, 0.5) is 17.1 Å². The van der Waals surface area contributed by atoms with Gasteiger partial charge < -0.3 is 4.90 Å². The van der Waals surface area contributed by atoms with E-state index in [2.05, 4.69) is 126 Å². The average Bonchev–Trinajstić information content (AvgIpc) is 3.04. The summed E-state index contributed by atoms with van der Waals surface area (Å²) in [5, 5.41) is 7.03. The van der Waals surface area contributed by atoms with Crippen molar-refractivity contribution >= 4 is 60.4 Å². The Labute approximate surface area is 238 Å². The van der Waals surface area contributed by atoms with Crippen LogP contribution in [0.25, 0.3) is 54.5 Å². The van der Waals surface area contributed by atoms with Crippen molar-refractivity contribution in [2.75, 3.05) is 4.90 Å². The Hall–Kier alpha value is -5.54. The summed E-state index contributed by atoms with van der Waals surface area (Å²) in [6, 6.07) is 49.2. The molecule has 8 rings (SSSR count). The fraction of sp³-hybridized carbons (Fsp3) is 0. The molecule has 2 heterocycles. The van der Waals surface area contributed by atoms with E-state index in [4.69, 9.17) is 9.97 Å². The van der Waals surface area contributed by atoms with Gasteiger partial charge in [0.25, 0.3) is 0 Å². The molecule has 0 aliphatic heterocycles. The molecule has 0 spiro atoms. The number of anilines is 3. The van der Waals surface area contributed by atoms with E-state index in [1.165, 1.54) is 21.5 Å². The molecule has 2 aromatic heterocycles. The van der Waals surface area contributed by atoms with Gasteiger partial charge >= 0.3 is 0 Å². The minimum atomic E-state index is 0.939. The number of para-hydroxylation sites is 1. The standard InChI is InChI=1S/C38H25N3/c1-3-11-26(12-4-1)35-33-17-9-22-40-37(33)38(34-18-10-21-39-36(34)35)41(31-15-5-2-6-16-31)32-20-19-29-23-27-13-7-8-14-28(27)24-30(29)25-32/h1-25H. The maximum atomic E-state index is 5.02. The van der Waals surface area contributed by atoms with Gasteiger partial charge in [-0.2, -0.15) is 0 Å². The molecule has 0 N–H and O–H groups in total.